The molecule has 0 saturated heterocycles. The molecule has 14 rings (SSSR count). The van der Waals surface area contributed by atoms with Crippen LogP contribution in [0.5, 0.6) is 0 Å². The van der Waals surface area contributed by atoms with Gasteiger partial charge in [0, 0.05) is 38.1 Å². The second-order valence-electron chi connectivity index (χ2n) is 17.7. The van der Waals surface area contributed by atoms with E-state index < -0.39 is 0 Å². The van der Waals surface area contributed by atoms with Crippen LogP contribution in [0, 0.1) is 0 Å². The van der Waals surface area contributed by atoms with Crippen LogP contribution in [0.25, 0.3) is 132 Å². The molecule has 14 aromatic rings. The molecule has 0 spiro atoms. The van der Waals surface area contributed by atoms with Crippen molar-refractivity contribution in [2.45, 2.75) is 0 Å². The van der Waals surface area contributed by atoms with Crippen molar-refractivity contribution in [2.75, 3.05) is 0 Å². The van der Waals surface area contributed by atoms with E-state index in [2.05, 4.69) is 240 Å². The molecule has 0 N–H and O–H groups in total. The van der Waals surface area contributed by atoms with Gasteiger partial charge in [-0.1, -0.05) is 170 Å². The standard InChI is InChI=1S/C64H40N4/c1-3-18-41(19-4-1)45-36-46(42-20-5-2-6-21-42)38-47(37-45)63-64(66-55-30-12-11-29-54(55)65-63)52-28-15-27-49-48(52)26-16-33-58(49)68-60-35-17-34-59(62(60)53-39-43-22-7-8-23-44(43)40-61(53)68)67-56-31-13-9-24-50(56)51-25-10-14-32-57(51)67/h1-40H. The van der Waals surface area contributed by atoms with Crippen LogP contribution >= 0.6 is 0 Å². The molecule has 0 aliphatic heterocycles. The van der Waals surface area contributed by atoms with Gasteiger partial charge in [0.1, 0.15) is 0 Å². The first-order valence-corrected chi connectivity index (χ1v) is 23.2. The van der Waals surface area contributed by atoms with E-state index in [0.29, 0.717) is 0 Å². The van der Waals surface area contributed by atoms with E-state index in [9.17, 15) is 0 Å². The van der Waals surface area contributed by atoms with Crippen LogP contribution < -0.4 is 0 Å². The molecule has 11 aromatic carbocycles. The summed E-state index contributed by atoms with van der Waals surface area (Å²) >= 11 is 0. The number of hydrogen-bond donors (Lipinski definition) is 0. The molecule has 0 saturated carbocycles. The molecule has 3 heterocycles. The van der Waals surface area contributed by atoms with Crippen LogP contribution in [-0.2, 0) is 0 Å². The molecule has 0 amide bonds. The van der Waals surface area contributed by atoms with Crippen LogP contribution in [0.3, 0.4) is 0 Å². The predicted molar refractivity (Wildman–Crippen MR) is 285 cm³/mol. The Labute approximate surface area is 392 Å². The predicted octanol–water partition coefficient (Wildman–Crippen LogP) is 16.8. The fourth-order valence-corrected chi connectivity index (χ4v) is 10.8. The largest absolute Gasteiger partial charge is 0.309 e. The van der Waals surface area contributed by atoms with Gasteiger partial charge in [0.05, 0.1) is 55.9 Å². The second kappa shape index (κ2) is 15.2. The maximum absolute atomic E-state index is 5.52. The Morgan fingerprint density at radius 3 is 1.44 bits per heavy atom. The lowest BCUT2D eigenvalue weighted by atomic mass is 9.92. The van der Waals surface area contributed by atoms with E-state index in [-0.39, 0.29) is 0 Å². The molecule has 0 atom stereocenters. The van der Waals surface area contributed by atoms with Crippen molar-refractivity contribution >= 4 is 76.2 Å². The highest BCUT2D eigenvalue weighted by molar-refractivity contribution is 6.19. The third kappa shape index (κ3) is 5.94. The molecule has 0 bridgehead atoms. The first-order valence-electron chi connectivity index (χ1n) is 23.2. The van der Waals surface area contributed by atoms with Gasteiger partial charge in [-0.3, -0.25) is 0 Å². The normalized spacial score (nSPS) is 11.8. The second-order valence-corrected chi connectivity index (χ2v) is 17.7. The maximum atomic E-state index is 5.52. The van der Waals surface area contributed by atoms with Gasteiger partial charge in [0.15, 0.2) is 0 Å². The third-order valence-electron chi connectivity index (χ3n) is 13.8. The van der Waals surface area contributed by atoms with Gasteiger partial charge in [-0.2, -0.15) is 0 Å². The summed E-state index contributed by atoms with van der Waals surface area (Å²) in [4.78, 5) is 11.0. The Morgan fingerprint density at radius 1 is 0.265 bits per heavy atom. The number of benzene rings is 11. The molecule has 4 nitrogen and oxygen atoms in total. The van der Waals surface area contributed by atoms with E-state index in [1.165, 1.54) is 43.4 Å². The van der Waals surface area contributed by atoms with Crippen molar-refractivity contribution in [3.05, 3.63) is 243 Å². The first kappa shape index (κ1) is 38.2. The van der Waals surface area contributed by atoms with Crippen LogP contribution in [0.2, 0.25) is 0 Å². The minimum absolute atomic E-state index is 0.843. The zero-order chi connectivity index (χ0) is 44.7. The van der Waals surface area contributed by atoms with E-state index >= 15 is 0 Å². The summed E-state index contributed by atoms with van der Waals surface area (Å²) in [5.41, 5.74) is 16.9. The number of rotatable bonds is 6. The van der Waals surface area contributed by atoms with E-state index in [1.54, 1.807) is 0 Å². The summed E-state index contributed by atoms with van der Waals surface area (Å²) in [6, 6.07) is 87.6. The molecular formula is C64H40N4. The SMILES string of the molecule is c1ccc(-c2cc(-c3ccccc3)cc(-c3nc4ccccc4nc3-c3cccc4c(-n5c6cc7ccccc7cc6c6c(-n7c8ccccc8c8ccccc87)cccc65)cccc34)c2)cc1. The summed E-state index contributed by atoms with van der Waals surface area (Å²) in [5.74, 6) is 0. The lowest BCUT2D eigenvalue weighted by molar-refractivity contribution is 1.18. The van der Waals surface area contributed by atoms with Gasteiger partial charge in [-0.15, -0.1) is 0 Å². The maximum Gasteiger partial charge on any atom is 0.0979 e. The summed E-state index contributed by atoms with van der Waals surface area (Å²) in [6.07, 6.45) is 0. The van der Waals surface area contributed by atoms with Crippen LogP contribution in [0.4, 0.5) is 0 Å². The van der Waals surface area contributed by atoms with Gasteiger partial charge in [-0.05, 0) is 111 Å². The Morgan fingerprint density at radius 2 is 0.750 bits per heavy atom. The monoisotopic (exact) mass is 864 g/mol. The molecule has 0 fully saturated rings. The quantitative estimate of drug-likeness (QED) is 0.167. The summed E-state index contributed by atoms with van der Waals surface area (Å²) in [7, 11) is 0. The number of fused-ring (bicyclic) bond motifs is 9. The van der Waals surface area contributed by atoms with Crippen molar-refractivity contribution in [2.24, 2.45) is 0 Å². The summed E-state index contributed by atoms with van der Waals surface area (Å²) < 4.78 is 4.95. The molecule has 0 unspecified atom stereocenters. The smallest absolute Gasteiger partial charge is 0.0979 e. The van der Waals surface area contributed by atoms with Gasteiger partial charge in [-0.25, -0.2) is 9.97 Å². The number of para-hydroxylation sites is 4. The van der Waals surface area contributed by atoms with Crippen molar-refractivity contribution in [3.8, 4) is 56.1 Å². The summed E-state index contributed by atoms with van der Waals surface area (Å²) in [6.45, 7) is 0. The van der Waals surface area contributed by atoms with Gasteiger partial charge in [0.2, 0.25) is 0 Å². The van der Waals surface area contributed by atoms with Crippen LogP contribution in [0.15, 0.2) is 243 Å². The van der Waals surface area contributed by atoms with E-state index in [1.807, 2.05) is 12.1 Å². The number of hydrogen-bond acceptors (Lipinski definition) is 2. The highest BCUT2D eigenvalue weighted by atomic mass is 15.0. The topological polar surface area (TPSA) is 35.6 Å². The lowest BCUT2D eigenvalue weighted by Crippen LogP contribution is -1.99. The fraction of sp³-hybridized carbons (Fsp3) is 0. The van der Waals surface area contributed by atoms with Crippen LogP contribution in [0.1, 0.15) is 0 Å². The minimum Gasteiger partial charge on any atom is -0.309 e. The highest BCUT2D eigenvalue weighted by Crippen LogP contribution is 2.44. The average Bonchev–Trinajstić information content (AvgIpc) is 3.92. The Kier molecular flexibility index (Phi) is 8.55. The Balaban J connectivity index is 1.04. The first-order chi connectivity index (χ1) is 33.7. The van der Waals surface area contributed by atoms with Crippen molar-refractivity contribution in [3.63, 3.8) is 0 Å². The molecule has 0 radical (unpaired) electrons. The molecular weight excluding hydrogens is 825 g/mol. The minimum atomic E-state index is 0.843. The van der Waals surface area contributed by atoms with Crippen molar-refractivity contribution in [1.82, 2.24) is 19.1 Å². The Hall–Kier alpha value is -9.12. The number of nitrogens with zero attached hydrogens (tertiary/aromatic N) is 4. The molecule has 68 heavy (non-hydrogen) atoms. The average molecular weight is 865 g/mol. The number of aromatic nitrogens is 4. The lowest BCUT2D eigenvalue weighted by Gasteiger charge is -2.17. The molecule has 0 aliphatic carbocycles. The third-order valence-corrected chi connectivity index (χ3v) is 13.8. The van der Waals surface area contributed by atoms with E-state index in [4.69, 9.17) is 9.97 Å². The van der Waals surface area contributed by atoms with Gasteiger partial charge < -0.3 is 9.13 Å². The van der Waals surface area contributed by atoms with Crippen LogP contribution in [-0.4, -0.2) is 19.1 Å². The summed E-state index contributed by atoms with van der Waals surface area (Å²) in [5, 5.41) is 9.56. The zero-order valence-corrected chi connectivity index (χ0v) is 36.9. The van der Waals surface area contributed by atoms with E-state index in [0.717, 1.165) is 89.0 Å². The fourth-order valence-electron chi connectivity index (χ4n) is 10.8. The van der Waals surface area contributed by atoms with Gasteiger partial charge in [0.25, 0.3) is 0 Å². The molecule has 4 heteroatoms. The molecule has 316 valence electrons. The molecule has 0 aliphatic rings. The van der Waals surface area contributed by atoms with Crippen molar-refractivity contribution in [1.29, 1.82) is 0 Å². The van der Waals surface area contributed by atoms with Crippen molar-refractivity contribution < 1.29 is 0 Å². The Bertz CT molecular complexity index is 4200. The zero-order valence-electron chi connectivity index (χ0n) is 36.9. The highest BCUT2D eigenvalue weighted by Gasteiger charge is 2.23. The molecule has 3 aromatic heterocycles. The van der Waals surface area contributed by atoms with Gasteiger partial charge >= 0.3 is 0 Å².